The number of hydrogen-bond donors (Lipinski definition) is 1. The van der Waals surface area contributed by atoms with Gasteiger partial charge >= 0.3 is 0 Å². The summed E-state index contributed by atoms with van der Waals surface area (Å²) in [5.41, 5.74) is 2.27. The van der Waals surface area contributed by atoms with Gasteiger partial charge in [0, 0.05) is 23.7 Å². The summed E-state index contributed by atoms with van der Waals surface area (Å²) in [5, 5.41) is 6.53. The highest BCUT2D eigenvalue weighted by Crippen LogP contribution is 2.33. The maximum atomic E-state index is 13.1. The second-order valence-corrected chi connectivity index (χ2v) is 6.20. The predicted octanol–water partition coefficient (Wildman–Crippen LogP) is 3.19. The van der Waals surface area contributed by atoms with E-state index in [1.165, 1.54) is 0 Å². The molecule has 0 spiro atoms. The number of anilines is 2. The minimum Gasteiger partial charge on any atom is -0.360 e. The van der Waals surface area contributed by atoms with Gasteiger partial charge in [-0.15, -0.1) is 0 Å². The molecule has 1 unspecified atom stereocenters. The quantitative estimate of drug-likeness (QED) is 0.789. The first-order valence-electron chi connectivity index (χ1n) is 8.34. The summed E-state index contributed by atoms with van der Waals surface area (Å²) in [7, 11) is 0. The normalized spacial score (nSPS) is 15.6. The van der Waals surface area contributed by atoms with Gasteiger partial charge in [-0.3, -0.25) is 14.5 Å². The van der Waals surface area contributed by atoms with Crippen molar-refractivity contribution in [2.45, 2.75) is 19.4 Å². The predicted molar refractivity (Wildman–Crippen MR) is 97.1 cm³/mol. The van der Waals surface area contributed by atoms with Crippen LogP contribution < -0.4 is 10.2 Å². The number of fused-ring (bicyclic) bond motifs is 1. The molecule has 0 bridgehead atoms. The van der Waals surface area contributed by atoms with E-state index in [0.29, 0.717) is 23.6 Å². The summed E-state index contributed by atoms with van der Waals surface area (Å²) < 4.78 is 4.99. The van der Waals surface area contributed by atoms with Crippen LogP contribution in [0.1, 0.15) is 21.7 Å². The number of hydrogen-bond acceptors (Lipinski definition) is 4. The molecule has 0 saturated heterocycles. The van der Waals surface area contributed by atoms with Gasteiger partial charge in [0.2, 0.25) is 5.91 Å². The van der Waals surface area contributed by atoms with E-state index < -0.39 is 6.04 Å². The number of aromatic nitrogens is 1. The van der Waals surface area contributed by atoms with Gasteiger partial charge in [-0.1, -0.05) is 41.6 Å². The Morgan fingerprint density at radius 1 is 1.12 bits per heavy atom. The number of aryl methyl sites for hydroxylation is 1. The van der Waals surface area contributed by atoms with Crippen molar-refractivity contribution in [1.29, 1.82) is 0 Å². The molecule has 1 aliphatic heterocycles. The Labute approximate surface area is 150 Å². The van der Waals surface area contributed by atoms with Crippen LogP contribution in [0, 0.1) is 6.92 Å². The minimum atomic E-state index is -0.642. The fourth-order valence-corrected chi connectivity index (χ4v) is 3.20. The van der Waals surface area contributed by atoms with Crippen molar-refractivity contribution in [3.8, 4) is 0 Å². The lowest BCUT2D eigenvalue weighted by Crippen LogP contribution is -2.45. The molecule has 1 aliphatic rings. The van der Waals surface area contributed by atoms with Crippen molar-refractivity contribution < 1.29 is 14.1 Å². The highest BCUT2D eigenvalue weighted by Gasteiger charge is 2.38. The largest absolute Gasteiger partial charge is 0.360 e. The molecule has 2 aromatic carbocycles. The summed E-state index contributed by atoms with van der Waals surface area (Å²) >= 11 is 0. The van der Waals surface area contributed by atoms with Gasteiger partial charge in [-0.05, 0) is 30.7 Å². The fraction of sp³-hybridized carbons (Fsp3) is 0.150. The van der Waals surface area contributed by atoms with Gasteiger partial charge in [0.15, 0.2) is 5.82 Å². The van der Waals surface area contributed by atoms with Crippen LogP contribution in [-0.2, 0) is 11.2 Å². The van der Waals surface area contributed by atoms with Gasteiger partial charge in [0.05, 0.1) is 0 Å². The first kappa shape index (κ1) is 16.1. The lowest BCUT2D eigenvalue weighted by molar-refractivity contribution is -0.117. The molecule has 1 atom stereocenters. The molecule has 0 fully saturated rings. The van der Waals surface area contributed by atoms with Crippen LogP contribution in [0.15, 0.2) is 65.2 Å². The molecule has 1 aromatic heterocycles. The molecular formula is C20H17N3O3. The molecule has 0 radical (unpaired) electrons. The van der Waals surface area contributed by atoms with Crippen LogP contribution in [-0.4, -0.2) is 23.0 Å². The SMILES string of the molecule is Cc1cc(NC(=O)C2Cc3ccccc3N2C(=O)c2ccccc2)no1. The third-order valence-corrected chi connectivity index (χ3v) is 4.40. The maximum Gasteiger partial charge on any atom is 0.259 e. The van der Waals surface area contributed by atoms with Crippen molar-refractivity contribution in [2.75, 3.05) is 10.2 Å². The first-order chi connectivity index (χ1) is 12.6. The maximum absolute atomic E-state index is 13.1. The van der Waals surface area contributed by atoms with Crippen molar-refractivity contribution in [1.82, 2.24) is 5.16 Å². The molecular weight excluding hydrogens is 330 g/mol. The average molecular weight is 347 g/mol. The second-order valence-electron chi connectivity index (χ2n) is 6.20. The Morgan fingerprint density at radius 3 is 2.58 bits per heavy atom. The zero-order chi connectivity index (χ0) is 18.1. The molecule has 6 heteroatoms. The van der Waals surface area contributed by atoms with E-state index in [0.717, 1.165) is 11.3 Å². The van der Waals surface area contributed by atoms with Crippen molar-refractivity contribution in [2.24, 2.45) is 0 Å². The summed E-state index contributed by atoms with van der Waals surface area (Å²) in [6.07, 6.45) is 0.456. The zero-order valence-electron chi connectivity index (χ0n) is 14.2. The van der Waals surface area contributed by atoms with E-state index >= 15 is 0 Å². The van der Waals surface area contributed by atoms with Gasteiger partial charge in [-0.2, -0.15) is 0 Å². The van der Waals surface area contributed by atoms with Crippen LogP contribution in [0.25, 0.3) is 0 Å². The summed E-state index contributed by atoms with van der Waals surface area (Å²) in [6, 6.07) is 17.5. The van der Waals surface area contributed by atoms with Gasteiger partial charge in [0.1, 0.15) is 11.8 Å². The Kier molecular flexibility index (Phi) is 4.01. The molecule has 3 aromatic rings. The third kappa shape index (κ3) is 2.86. The van der Waals surface area contributed by atoms with Crippen LogP contribution >= 0.6 is 0 Å². The zero-order valence-corrected chi connectivity index (χ0v) is 14.2. The topological polar surface area (TPSA) is 75.4 Å². The summed E-state index contributed by atoms with van der Waals surface area (Å²) in [4.78, 5) is 27.5. The highest BCUT2D eigenvalue weighted by molar-refractivity contribution is 6.13. The molecule has 2 heterocycles. The summed E-state index contributed by atoms with van der Waals surface area (Å²) in [5.74, 6) is 0.452. The number of nitrogens with one attached hydrogen (secondary N) is 1. The molecule has 6 nitrogen and oxygen atoms in total. The van der Waals surface area contributed by atoms with Crippen molar-refractivity contribution >= 4 is 23.3 Å². The monoisotopic (exact) mass is 347 g/mol. The number of rotatable bonds is 3. The number of carbonyl (C=O) groups excluding carboxylic acids is 2. The van der Waals surface area contributed by atoms with Crippen LogP contribution in [0.5, 0.6) is 0 Å². The average Bonchev–Trinajstić information content (AvgIpc) is 3.25. The molecule has 2 amide bonds. The fourth-order valence-electron chi connectivity index (χ4n) is 3.20. The molecule has 0 aliphatic carbocycles. The molecule has 1 N–H and O–H groups in total. The molecule has 130 valence electrons. The second kappa shape index (κ2) is 6.48. The Bertz CT molecular complexity index is 965. The Hall–Kier alpha value is -3.41. The van der Waals surface area contributed by atoms with E-state index in [1.807, 2.05) is 42.5 Å². The number of carbonyl (C=O) groups is 2. The lowest BCUT2D eigenvalue weighted by Gasteiger charge is -2.24. The lowest BCUT2D eigenvalue weighted by atomic mass is 10.1. The van der Waals surface area contributed by atoms with E-state index in [-0.39, 0.29) is 11.8 Å². The molecule has 0 saturated carbocycles. The Morgan fingerprint density at radius 2 is 1.85 bits per heavy atom. The van der Waals surface area contributed by atoms with E-state index in [2.05, 4.69) is 10.5 Å². The molecule has 4 rings (SSSR count). The minimum absolute atomic E-state index is 0.202. The smallest absolute Gasteiger partial charge is 0.259 e. The van der Waals surface area contributed by atoms with Crippen molar-refractivity contribution in [3.63, 3.8) is 0 Å². The Balaban J connectivity index is 1.67. The first-order valence-corrected chi connectivity index (χ1v) is 8.34. The third-order valence-electron chi connectivity index (χ3n) is 4.40. The molecule has 26 heavy (non-hydrogen) atoms. The van der Waals surface area contributed by atoms with Crippen LogP contribution in [0.3, 0.4) is 0 Å². The number of para-hydroxylation sites is 1. The van der Waals surface area contributed by atoms with Crippen LogP contribution in [0.2, 0.25) is 0 Å². The highest BCUT2D eigenvalue weighted by atomic mass is 16.5. The standard InChI is InChI=1S/C20H17N3O3/c1-13-11-18(22-26-13)21-19(24)17-12-15-9-5-6-10-16(15)23(17)20(25)14-7-3-2-4-8-14/h2-11,17H,12H2,1H3,(H,21,22,24). The number of nitrogens with zero attached hydrogens (tertiary/aromatic N) is 2. The summed E-state index contributed by atoms with van der Waals surface area (Å²) in [6.45, 7) is 1.75. The van der Waals surface area contributed by atoms with Gasteiger partial charge in [0.25, 0.3) is 5.91 Å². The number of benzene rings is 2. The van der Waals surface area contributed by atoms with Crippen LogP contribution in [0.4, 0.5) is 11.5 Å². The van der Waals surface area contributed by atoms with E-state index in [4.69, 9.17) is 4.52 Å². The van der Waals surface area contributed by atoms with Crippen molar-refractivity contribution in [3.05, 3.63) is 77.6 Å². The van der Waals surface area contributed by atoms with E-state index in [1.54, 1.807) is 30.0 Å². The number of amides is 2. The van der Waals surface area contributed by atoms with Gasteiger partial charge in [-0.25, -0.2) is 0 Å². The van der Waals surface area contributed by atoms with Gasteiger partial charge < -0.3 is 9.84 Å². The van der Waals surface area contributed by atoms with E-state index in [9.17, 15) is 9.59 Å².